The average Bonchev–Trinajstić information content (AvgIpc) is 2.92. The van der Waals surface area contributed by atoms with Crippen LogP contribution in [0.4, 0.5) is 0 Å². The van der Waals surface area contributed by atoms with E-state index in [1.54, 1.807) is 7.11 Å². The molecule has 6 atom stereocenters. The van der Waals surface area contributed by atoms with Crippen molar-refractivity contribution in [1.82, 2.24) is 0 Å². The predicted octanol–water partition coefficient (Wildman–Crippen LogP) is 5.52. The standard InChI is InChI=1S/C25H36O4/c1-7-28-16(3)29-21-14-19-17(13-20(21)27-6)12-15(2)23-18(19)8-10-24(4)22(26)9-11-25(23,24)5/h13-16,18,23H,7-12H2,1-6H3/t15-,16?,18-,23-,24-,25-/m1/s1. The minimum Gasteiger partial charge on any atom is -0.493 e. The second-order valence-electron chi connectivity index (χ2n) is 9.87. The lowest BCUT2D eigenvalue weighted by Crippen LogP contribution is -2.52. The van der Waals surface area contributed by atoms with Crippen LogP contribution in [0.25, 0.3) is 0 Å². The summed E-state index contributed by atoms with van der Waals surface area (Å²) in [4.78, 5) is 12.8. The number of rotatable bonds is 5. The molecule has 0 saturated heterocycles. The third-order valence-corrected chi connectivity index (χ3v) is 8.55. The molecular weight excluding hydrogens is 364 g/mol. The second-order valence-corrected chi connectivity index (χ2v) is 9.87. The fraction of sp³-hybridized carbons (Fsp3) is 0.720. The Balaban J connectivity index is 1.74. The van der Waals surface area contributed by atoms with Crippen molar-refractivity contribution >= 4 is 5.78 Å². The molecule has 1 aromatic rings. The highest BCUT2D eigenvalue weighted by Crippen LogP contribution is 2.68. The number of benzene rings is 1. The number of Topliss-reactive ketones (excluding diaryl/α,β-unsaturated/α-hetero) is 1. The summed E-state index contributed by atoms with van der Waals surface area (Å²) in [6, 6.07) is 4.38. The molecule has 1 aromatic carbocycles. The van der Waals surface area contributed by atoms with E-state index in [4.69, 9.17) is 14.2 Å². The fourth-order valence-corrected chi connectivity index (χ4v) is 6.96. The maximum Gasteiger partial charge on any atom is 0.197 e. The molecule has 0 radical (unpaired) electrons. The van der Waals surface area contributed by atoms with Gasteiger partial charge in [-0.1, -0.05) is 20.8 Å². The highest BCUT2D eigenvalue weighted by molar-refractivity contribution is 5.88. The molecule has 2 saturated carbocycles. The van der Waals surface area contributed by atoms with Crippen molar-refractivity contribution < 1.29 is 19.0 Å². The molecule has 0 amide bonds. The normalized spacial score (nSPS) is 36.8. The summed E-state index contributed by atoms with van der Waals surface area (Å²) in [7, 11) is 1.70. The van der Waals surface area contributed by atoms with E-state index in [1.807, 2.05) is 13.8 Å². The third kappa shape index (κ3) is 3.01. The van der Waals surface area contributed by atoms with Crippen LogP contribution in [0.2, 0.25) is 0 Å². The summed E-state index contributed by atoms with van der Waals surface area (Å²) in [5, 5.41) is 0. The van der Waals surface area contributed by atoms with Gasteiger partial charge in [-0.25, -0.2) is 0 Å². The molecule has 0 heterocycles. The second kappa shape index (κ2) is 7.30. The van der Waals surface area contributed by atoms with Crippen molar-refractivity contribution in [3.63, 3.8) is 0 Å². The van der Waals surface area contributed by atoms with E-state index in [2.05, 4.69) is 32.9 Å². The van der Waals surface area contributed by atoms with Gasteiger partial charge >= 0.3 is 0 Å². The van der Waals surface area contributed by atoms with Crippen LogP contribution in [0.15, 0.2) is 12.1 Å². The number of hydrogen-bond donors (Lipinski definition) is 0. The molecule has 4 nitrogen and oxygen atoms in total. The summed E-state index contributed by atoms with van der Waals surface area (Å²) >= 11 is 0. The molecule has 3 aliphatic carbocycles. The Bertz CT molecular complexity index is 802. The lowest BCUT2D eigenvalue weighted by Gasteiger charge is -2.57. The Morgan fingerprint density at radius 2 is 1.97 bits per heavy atom. The molecule has 4 heteroatoms. The van der Waals surface area contributed by atoms with E-state index in [0.29, 0.717) is 30.1 Å². The van der Waals surface area contributed by atoms with Crippen molar-refractivity contribution in [3.8, 4) is 11.5 Å². The van der Waals surface area contributed by atoms with Crippen LogP contribution >= 0.6 is 0 Å². The molecule has 0 bridgehead atoms. The Kier molecular flexibility index (Phi) is 5.21. The topological polar surface area (TPSA) is 44.8 Å². The first-order valence-electron chi connectivity index (χ1n) is 11.3. The van der Waals surface area contributed by atoms with Crippen molar-refractivity contribution in [3.05, 3.63) is 23.3 Å². The molecule has 0 aromatic heterocycles. The van der Waals surface area contributed by atoms with E-state index < -0.39 is 0 Å². The van der Waals surface area contributed by atoms with Gasteiger partial charge < -0.3 is 14.2 Å². The summed E-state index contributed by atoms with van der Waals surface area (Å²) in [6.07, 6.45) is 4.57. The van der Waals surface area contributed by atoms with E-state index in [9.17, 15) is 4.79 Å². The lowest BCUT2D eigenvalue weighted by atomic mass is 9.46. The van der Waals surface area contributed by atoms with Crippen LogP contribution in [-0.4, -0.2) is 25.8 Å². The van der Waals surface area contributed by atoms with Gasteiger partial charge in [-0.2, -0.15) is 0 Å². The largest absolute Gasteiger partial charge is 0.493 e. The molecule has 2 fully saturated rings. The Morgan fingerprint density at radius 3 is 2.66 bits per heavy atom. The van der Waals surface area contributed by atoms with Gasteiger partial charge in [-0.3, -0.25) is 4.79 Å². The molecular formula is C25H36O4. The first-order valence-corrected chi connectivity index (χ1v) is 11.3. The van der Waals surface area contributed by atoms with Gasteiger partial charge in [-0.05, 0) is 86.0 Å². The van der Waals surface area contributed by atoms with E-state index in [1.165, 1.54) is 11.1 Å². The predicted molar refractivity (Wildman–Crippen MR) is 113 cm³/mol. The molecule has 4 rings (SSSR count). The summed E-state index contributed by atoms with van der Waals surface area (Å²) in [6.45, 7) is 11.5. The third-order valence-electron chi connectivity index (χ3n) is 8.55. The maximum atomic E-state index is 12.8. The van der Waals surface area contributed by atoms with E-state index in [-0.39, 0.29) is 17.1 Å². The van der Waals surface area contributed by atoms with Crippen molar-refractivity contribution in [2.24, 2.45) is 22.7 Å². The number of hydrogen-bond acceptors (Lipinski definition) is 4. The van der Waals surface area contributed by atoms with Crippen molar-refractivity contribution in [1.29, 1.82) is 0 Å². The number of fused-ring (bicyclic) bond motifs is 5. The molecule has 0 spiro atoms. The molecule has 1 unspecified atom stereocenters. The van der Waals surface area contributed by atoms with Crippen LogP contribution in [0, 0.1) is 22.7 Å². The summed E-state index contributed by atoms with van der Waals surface area (Å²) < 4.78 is 17.3. The number of carbonyl (C=O) groups is 1. The first kappa shape index (κ1) is 20.7. The molecule has 0 N–H and O–H groups in total. The molecule has 3 aliphatic rings. The van der Waals surface area contributed by atoms with Gasteiger partial charge in [-0.15, -0.1) is 0 Å². The molecule has 0 aliphatic heterocycles. The number of ether oxygens (including phenoxy) is 3. The van der Waals surface area contributed by atoms with Crippen LogP contribution < -0.4 is 9.47 Å². The smallest absolute Gasteiger partial charge is 0.197 e. The van der Waals surface area contributed by atoms with Gasteiger partial charge in [0.05, 0.1) is 7.11 Å². The Hall–Kier alpha value is -1.55. The van der Waals surface area contributed by atoms with Crippen LogP contribution in [-0.2, 0) is 16.0 Å². The highest BCUT2D eigenvalue weighted by Gasteiger charge is 2.63. The maximum absolute atomic E-state index is 12.8. The zero-order valence-corrected chi connectivity index (χ0v) is 18.8. The van der Waals surface area contributed by atoms with Crippen LogP contribution in [0.1, 0.15) is 77.3 Å². The van der Waals surface area contributed by atoms with Crippen LogP contribution in [0.3, 0.4) is 0 Å². The van der Waals surface area contributed by atoms with Gasteiger partial charge in [0.25, 0.3) is 0 Å². The minimum absolute atomic E-state index is 0.0870. The van der Waals surface area contributed by atoms with E-state index in [0.717, 1.165) is 43.6 Å². The Labute approximate surface area is 175 Å². The SMILES string of the molecule is CCOC(C)Oc1cc2c(cc1OC)C[C@@H](C)[C@@H]1[C@@H]2CC[C@]2(C)C(=O)CC[C@]12C. The number of ketones is 1. The summed E-state index contributed by atoms with van der Waals surface area (Å²) in [5.41, 5.74) is 2.71. The Morgan fingerprint density at radius 1 is 1.21 bits per heavy atom. The zero-order chi connectivity index (χ0) is 21.0. The number of carbonyl (C=O) groups excluding carboxylic acids is 1. The quantitative estimate of drug-likeness (QED) is 0.611. The highest BCUT2D eigenvalue weighted by atomic mass is 16.7. The lowest BCUT2D eigenvalue weighted by molar-refractivity contribution is -0.136. The van der Waals surface area contributed by atoms with Crippen LogP contribution in [0.5, 0.6) is 11.5 Å². The molecule has 29 heavy (non-hydrogen) atoms. The average molecular weight is 401 g/mol. The minimum atomic E-state index is -0.315. The molecule has 160 valence electrons. The van der Waals surface area contributed by atoms with Gasteiger partial charge in [0.15, 0.2) is 17.8 Å². The first-order chi connectivity index (χ1) is 13.7. The zero-order valence-electron chi connectivity index (χ0n) is 18.8. The monoisotopic (exact) mass is 400 g/mol. The fourth-order valence-electron chi connectivity index (χ4n) is 6.96. The summed E-state index contributed by atoms with van der Waals surface area (Å²) in [5.74, 6) is 3.60. The van der Waals surface area contributed by atoms with E-state index >= 15 is 0 Å². The van der Waals surface area contributed by atoms with Gasteiger partial charge in [0, 0.05) is 18.4 Å². The van der Waals surface area contributed by atoms with Crippen molar-refractivity contribution in [2.45, 2.75) is 78.9 Å². The van der Waals surface area contributed by atoms with Crippen molar-refractivity contribution in [2.75, 3.05) is 13.7 Å². The number of methoxy groups -OCH3 is 1. The van der Waals surface area contributed by atoms with Gasteiger partial charge in [0.1, 0.15) is 5.78 Å². The van der Waals surface area contributed by atoms with Gasteiger partial charge in [0.2, 0.25) is 0 Å².